The van der Waals surface area contributed by atoms with Crippen LogP contribution in [0, 0.1) is 5.92 Å². The monoisotopic (exact) mass is 192 g/mol. The molecule has 13 heavy (non-hydrogen) atoms. The van der Waals surface area contributed by atoms with Crippen molar-refractivity contribution in [1.29, 1.82) is 0 Å². The van der Waals surface area contributed by atoms with Crippen molar-refractivity contribution in [3.05, 3.63) is 0 Å². The van der Waals surface area contributed by atoms with Crippen LogP contribution in [0.2, 0.25) is 0 Å². The van der Waals surface area contributed by atoms with Crippen molar-refractivity contribution in [3.63, 3.8) is 0 Å². The van der Waals surface area contributed by atoms with Gasteiger partial charge in [-0.25, -0.2) is 0 Å². The third-order valence-corrected chi connectivity index (χ3v) is 2.36. The molecule has 1 aliphatic heterocycles. The normalized spacial score (nSPS) is 46.4. The summed E-state index contributed by atoms with van der Waals surface area (Å²) in [6, 6.07) is 0. The summed E-state index contributed by atoms with van der Waals surface area (Å²) in [5, 5.41) is 28.3. The van der Waals surface area contributed by atoms with Gasteiger partial charge >= 0.3 is 0 Å². The van der Waals surface area contributed by atoms with Gasteiger partial charge in [-0.05, 0) is 0 Å². The van der Waals surface area contributed by atoms with E-state index >= 15 is 0 Å². The fourth-order valence-corrected chi connectivity index (χ4v) is 1.39. The van der Waals surface area contributed by atoms with Crippen LogP contribution in [0.25, 0.3) is 0 Å². The zero-order chi connectivity index (χ0) is 10.0. The van der Waals surface area contributed by atoms with E-state index < -0.39 is 30.5 Å². The molecule has 0 spiro atoms. The first-order chi connectivity index (χ1) is 6.07. The van der Waals surface area contributed by atoms with Gasteiger partial charge in [0.05, 0.1) is 12.7 Å². The maximum atomic E-state index is 9.49. The molecule has 1 fully saturated rings. The molecule has 5 atom stereocenters. The summed E-state index contributed by atoms with van der Waals surface area (Å²) in [4.78, 5) is 0. The number of aliphatic hydroxyl groups excluding tert-OH is 3. The van der Waals surface area contributed by atoms with Gasteiger partial charge < -0.3 is 24.8 Å². The van der Waals surface area contributed by atoms with Crippen molar-refractivity contribution < 1.29 is 24.8 Å². The Balaban J connectivity index is 2.59. The van der Waals surface area contributed by atoms with Crippen molar-refractivity contribution >= 4 is 0 Å². The Morgan fingerprint density at radius 1 is 1.23 bits per heavy atom. The highest BCUT2D eigenvalue weighted by Crippen LogP contribution is 2.24. The summed E-state index contributed by atoms with van der Waals surface area (Å²) < 4.78 is 9.82. The van der Waals surface area contributed by atoms with Gasteiger partial charge in [-0.3, -0.25) is 0 Å². The highest BCUT2D eigenvalue weighted by atomic mass is 16.6. The lowest BCUT2D eigenvalue weighted by Gasteiger charge is -2.38. The van der Waals surface area contributed by atoms with E-state index in [1.165, 1.54) is 7.11 Å². The van der Waals surface area contributed by atoms with E-state index in [1.54, 1.807) is 6.92 Å². The number of aliphatic hydroxyl groups is 3. The van der Waals surface area contributed by atoms with Crippen LogP contribution in [-0.2, 0) is 9.47 Å². The third-order valence-electron chi connectivity index (χ3n) is 2.36. The maximum Gasteiger partial charge on any atom is 0.160 e. The fourth-order valence-electron chi connectivity index (χ4n) is 1.39. The van der Waals surface area contributed by atoms with Gasteiger partial charge in [0.2, 0.25) is 0 Å². The number of hydrogen-bond acceptors (Lipinski definition) is 5. The van der Waals surface area contributed by atoms with Crippen LogP contribution in [0.4, 0.5) is 0 Å². The van der Waals surface area contributed by atoms with Crippen molar-refractivity contribution in [2.45, 2.75) is 31.5 Å². The smallest absolute Gasteiger partial charge is 0.160 e. The zero-order valence-electron chi connectivity index (χ0n) is 7.75. The quantitative estimate of drug-likeness (QED) is 0.507. The largest absolute Gasteiger partial charge is 0.390 e. The molecular formula is C8H16O5. The minimum absolute atomic E-state index is 0.155. The summed E-state index contributed by atoms with van der Waals surface area (Å²) in [6.07, 6.45) is -3.67. The number of ether oxygens (including phenoxy) is 2. The molecule has 0 radical (unpaired) electrons. The molecule has 5 nitrogen and oxygen atoms in total. The maximum absolute atomic E-state index is 9.49. The molecule has 3 N–H and O–H groups in total. The molecule has 5 unspecified atom stereocenters. The Hall–Kier alpha value is -0.200. The molecule has 0 amide bonds. The molecule has 0 bridgehead atoms. The summed E-state index contributed by atoms with van der Waals surface area (Å²) in [5.74, 6) is -0.483. The number of rotatable bonds is 2. The fraction of sp³-hybridized carbons (Fsp3) is 1.00. The molecule has 78 valence electrons. The van der Waals surface area contributed by atoms with Crippen LogP contribution in [0.15, 0.2) is 0 Å². The first-order valence-corrected chi connectivity index (χ1v) is 4.26. The van der Waals surface area contributed by atoms with Crippen LogP contribution in [0.5, 0.6) is 0 Å². The van der Waals surface area contributed by atoms with Gasteiger partial charge in [-0.1, -0.05) is 6.92 Å². The molecule has 0 aromatic rings. The van der Waals surface area contributed by atoms with Crippen molar-refractivity contribution in [1.82, 2.24) is 0 Å². The molecule has 1 heterocycles. The van der Waals surface area contributed by atoms with E-state index in [0.717, 1.165) is 0 Å². The van der Waals surface area contributed by atoms with Gasteiger partial charge in [0, 0.05) is 13.0 Å². The molecular weight excluding hydrogens is 176 g/mol. The Bertz CT molecular complexity index is 163. The van der Waals surface area contributed by atoms with Crippen LogP contribution in [0.3, 0.4) is 0 Å². The van der Waals surface area contributed by atoms with Crippen LogP contribution in [0.1, 0.15) is 6.92 Å². The van der Waals surface area contributed by atoms with E-state index in [4.69, 9.17) is 9.47 Å². The standard InChI is InChI=1S/C8H16O5/c1-4-6(9)7(10)5(3-12-2)13-8(4)11/h4-11H,3H2,1-2H3. The van der Waals surface area contributed by atoms with E-state index in [0.29, 0.717) is 0 Å². The second-order valence-electron chi connectivity index (χ2n) is 3.36. The molecule has 5 heteroatoms. The van der Waals surface area contributed by atoms with Gasteiger partial charge in [-0.15, -0.1) is 0 Å². The second-order valence-corrected chi connectivity index (χ2v) is 3.36. The molecule has 0 aliphatic carbocycles. The van der Waals surface area contributed by atoms with Gasteiger partial charge in [0.25, 0.3) is 0 Å². The third kappa shape index (κ3) is 2.18. The van der Waals surface area contributed by atoms with Crippen LogP contribution >= 0.6 is 0 Å². The predicted octanol–water partition coefficient (Wildman–Crippen LogP) is -1.29. The first-order valence-electron chi connectivity index (χ1n) is 4.26. The topological polar surface area (TPSA) is 79.2 Å². The lowest BCUT2D eigenvalue weighted by atomic mass is 9.93. The molecule has 1 saturated heterocycles. The Labute approximate surface area is 76.9 Å². The highest BCUT2D eigenvalue weighted by molar-refractivity contribution is 4.86. The second kappa shape index (κ2) is 4.34. The highest BCUT2D eigenvalue weighted by Gasteiger charge is 2.41. The van der Waals surface area contributed by atoms with Crippen molar-refractivity contribution in [2.75, 3.05) is 13.7 Å². The molecule has 0 saturated carbocycles. The average molecular weight is 192 g/mol. The van der Waals surface area contributed by atoms with Gasteiger partial charge in [0.1, 0.15) is 12.2 Å². The Kier molecular flexibility index (Phi) is 3.63. The van der Waals surface area contributed by atoms with Gasteiger partial charge in [-0.2, -0.15) is 0 Å². The average Bonchev–Trinajstić information content (AvgIpc) is 2.11. The molecule has 1 aliphatic rings. The zero-order valence-corrected chi connectivity index (χ0v) is 7.75. The van der Waals surface area contributed by atoms with Crippen molar-refractivity contribution in [2.24, 2.45) is 5.92 Å². The first kappa shape index (κ1) is 10.9. The summed E-state index contributed by atoms with van der Waals surface area (Å²) in [6.45, 7) is 1.77. The summed E-state index contributed by atoms with van der Waals surface area (Å²) in [7, 11) is 1.47. The van der Waals surface area contributed by atoms with E-state index in [1.807, 2.05) is 0 Å². The molecule has 0 aromatic heterocycles. The van der Waals surface area contributed by atoms with E-state index in [9.17, 15) is 15.3 Å². The lowest BCUT2D eigenvalue weighted by molar-refractivity contribution is -0.267. The molecule has 0 aromatic carbocycles. The summed E-state index contributed by atoms with van der Waals surface area (Å²) in [5.41, 5.74) is 0. The predicted molar refractivity (Wildman–Crippen MR) is 43.9 cm³/mol. The lowest BCUT2D eigenvalue weighted by Crippen LogP contribution is -2.54. The SMILES string of the molecule is COCC1OC(O)C(C)C(O)C1O. The minimum atomic E-state index is -1.04. The van der Waals surface area contributed by atoms with Crippen LogP contribution in [-0.4, -0.2) is 53.6 Å². The van der Waals surface area contributed by atoms with Crippen molar-refractivity contribution in [3.8, 4) is 0 Å². The molecule has 1 rings (SSSR count). The van der Waals surface area contributed by atoms with Gasteiger partial charge in [0.15, 0.2) is 6.29 Å². The van der Waals surface area contributed by atoms with E-state index in [-0.39, 0.29) is 6.61 Å². The number of methoxy groups -OCH3 is 1. The van der Waals surface area contributed by atoms with E-state index in [2.05, 4.69) is 0 Å². The van der Waals surface area contributed by atoms with Crippen LogP contribution < -0.4 is 0 Å². The Morgan fingerprint density at radius 3 is 2.38 bits per heavy atom. The minimum Gasteiger partial charge on any atom is -0.390 e. The number of hydrogen-bond donors (Lipinski definition) is 3. The Morgan fingerprint density at radius 2 is 1.85 bits per heavy atom. The summed E-state index contributed by atoms with van der Waals surface area (Å²) >= 11 is 0.